The van der Waals surface area contributed by atoms with E-state index in [-0.39, 0.29) is 36.9 Å². The molecule has 0 radical (unpaired) electrons. The van der Waals surface area contributed by atoms with Gasteiger partial charge in [-0.15, -0.1) is 0 Å². The number of fused-ring (bicyclic) bond motifs is 1. The number of hydrogen-bond donors (Lipinski definition) is 2. The first-order chi connectivity index (χ1) is 16.3. The highest BCUT2D eigenvalue weighted by Crippen LogP contribution is 2.46. The lowest BCUT2D eigenvalue weighted by Crippen LogP contribution is -2.50. The van der Waals surface area contributed by atoms with Crippen LogP contribution in [-0.2, 0) is 19.1 Å². The molecule has 1 aliphatic carbocycles. The molecule has 1 heterocycles. The summed E-state index contributed by atoms with van der Waals surface area (Å²) in [6.07, 6.45) is 6.05. The largest absolute Gasteiger partial charge is 0.466 e. The van der Waals surface area contributed by atoms with Gasteiger partial charge < -0.3 is 20.1 Å². The van der Waals surface area contributed by atoms with Crippen LogP contribution in [0.15, 0.2) is 30.4 Å². The highest BCUT2D eigenvalue weighted by atomic mass is 16.5. The van der Waals surface area contributed by atoms with Gasteiger partial charge in [-0.05, 0) is 50.7 Å². The third-order valence-electron chi connectivity index (χ3n) is 7.30. The average Bonchev–Trinajstić information content (AvgIpc) is 3.10. The molecule has 1 saturated heterocycles. The molecule has 7 nitrogen and oxygen atoms in total. The zero-order chi connectivity index (χ0) is 25.0. The number of rotatable bonds is 9. The second kappa shape index (κ2) is 11.2. The molecule has 1 fully saturated rings. The number of carbonyl (C=O) groups excluding carboxylic acids is 3. The van der Waals surface area contributed by atoms with Crippen molar-refractivity contribution in [3.05, 3.63) is 41.5 Å². The molecule has 3 rings (SSSR count). The van der Waals surface area contributed by atoms with Crippen molar-refractivity contribution in [3.8, 4) is 0 Å². The standard InChI is InChI=1S/C27H38N2O5/c1-6-10-18-13-14-20-22(21(18)27(33)34-8-3)26(32)29(19(7-2)15-30)24(20)25(31)28-23-16(4)11-9-12-17(23)5/h9,11-14,18-22,24,30H,6-8,10,15H2,1-5H3,(H,28,31)/t18-,19+,20+,21-,22-,24+/m1/s1. The van der Waals surface area contributed by atoms with E-state index in [1.54, 1.807) is 6.92 Å². The summed E-state index contributed by atoms with van der Waals surface area (Å²) in [5, 5.41) is 13.1. The number of allylic oxidation sites excluding steroid dienone is 1. The number of nitrogens with zero attached hydrogens (tertiary/aromatic N) is 1. The minimum Gasteiger partial charge on any atom is -0.466 e. The normalized spacial score (nSPS) is 26.8. The van der Waals surface area contributed by atoms with Crippen LogP contribution in [0, 0.1) is 37.5 Å². The molecule has 1 aromatic carbocycles. The Morgan fingerprint density at radius 2 is 1.82 bits per heavy atom. The molecule has 0 spiro atoms. The van der Waals surface area contributed by atoms with E-state index in [4.69, 9.17) is 4.74 Å². The van der Waals surface area contributed by atoms with E-state index in [0.717, 1.165) is 29.7 Å². The number of aliphatic hydroxyl groups excluding tert-OH is 1. The van der Waals surface area contributed by atoms with Crippen LogP contribution in [0.3, 0.4) is 0 Å². The van der Waals surface area contributed by atoms with Crippen molar-refractivity contribution >= 4 is 23.5 Å². The Hall–Kier alpha value is -2.67. The molecule has 2 aliphatic rings. The van der Waals surface area contributed by atoms with Gasteiger partial charge in [-0.2, -0.15) is 0 Å². The molecular formula is C27H38N2O5. The van der Waals surface area contributed by atoms with Gasteiger partial charge >= 0.3 is 5.97 Å². The van der Waals surface area contributed by atoms with Crippen molar-refractivity contribution in [1.29, 1.82) is 0 Å². The predicted octanol–water partition coefficient (Wildman–Crippen LogP) is 3.62. The summed E-state index contributed by atoms with van der Waals surface area (Å²) in [5.41, 5.74) is 2.59. The minimum atomic E-state index is -0.815. The van der Waals surface area contributed by atoms with Gasteiger partial charge in [0.25, 0.3) is 0 Å². The molecule has 186 valence electrons. The number of ether oxygens (including phenoxy) is 1. The molecule has 6 atom stereocenters. The van der Waals surface area contributed by atoms with E-state index in [0.29, 0.717) is 6.42 Å². The van der Waals surface area contributed by atoms with Gasteiger partial charge in [0.05, 0.1) is 31.1 Å². The first-order valence-electron chi connectivity index (χ1n) is 12.5. The average molecular weight is 471 g/mol. The molecule has 0 saturated carbocycles. The van der Waals surface area contributed by atoms with E-state index in [9.17, 15) is 19.5 Å². The second-order valence-corrected chi connectivity index (χ2v) is 9.41. The number of hydrogen-bond acceptors (Lipinski definition) is 5. The first-order valence-corrected chi connectivity index (χ1v) is 12.5. The lowest BCUT2D eigenvalue weighted by molar-refractivity contribution is -0.156. The number of aliphatic hydroxyl groups is 1. The summed E-state index contributed by atoms with van der Waals surface area (Å²) in [7, 11) is 0. The zero-order valence-electron chi connectivity index (χ0n) is 20.9. The molecule has 1 aromatic rings. The molecule has 2 N–H and O–H groups in total. The van der Waals surface area contributed by atoms with Gasteiger partial charge in [-0.3, -0.25) is 14.4 Å². The molecule has 0 aromatic heterocycles. The van der Waals surface area contributed by atoms with Crippen molar-refractivity contribution in [2.45, 2.75) is 66.0 Å². The quantitative estimate of drug-likeness (QED) is 0.425. The highest BCUT2D eigenvalue weighted by Gasteiger charge is 2.58. The van der Waals surface area contributed by atoms with Gasteiger partial charge in [-0.25, -0.2) is 0 Å². The third-order valence-corrected chi connectivity index (χ3v) is 7.30. The Bertz CT molecular complexity index is 919. The minimum absolute atomic E-state index is 0.120. The number of nitrogens with one attached hydrogen (secondary N) is 1. The van der Waals surface area contributed by atoms with Crippen LogP contribution < -0.4 is 5.32 Å². The van der Waals surface area contributed by atoms with Gasteiger partial charge in [0.15, 0.2) is 0 Å². The molecular weight excluding hydrogens is 432 g/mol. The van der Waals surface area contributed by atoms with Crippen molar-refractivity contribution in [1.82, 2.24) is 4.90 Å². The van der Waals surface area contributed by atoms with Crippen LogP contribution in [0.25, 0.3) is 0 Å². The number of para-hydroxylation sites is 1. The van der Waals surface area contributed by atoms with Gasteiger partial charge in [-0.1, -0.05) is 50.6 Å². The van der Waals surface area contributed by atoms with E-state index in [2.05, 4.69) is 5.32 Å². The number of likely N-dealkylation sites (tertiary alicyclic amines) is 1. The van der Waals surface area contributed by atoms with Crippen molar-refractivity contribution in [3.63, 3.8) is 0 Å². The second-order valence-electron chi connectivity index (χ2n) is 9.41. The van der Waals surface area contributed by atoms with Crippen LogP contribution in [0.2, 0.25) is 0 Å². The lowest BCUT2D eigenvalue weighted by Gasteiger charge is -2.34. The summed E-state index contributed by atoms with van der Waals surface area (Å²) >= 11 is 0. The maximum absolute atomic E-state index is 13.9. The fourth-order valence-corrected chi connectivity index (χ4v) is 5.63. The van der Waals surface area contributed by atoms with E-state index < -0.39 is 29.8 Å². The van der Waals surface area contributed by atoms with E-state index in [1.165, 1.54) is 4.90 Å². The Kier molecular flexibility index (Phi) is 8.52. The predicted molar refractivity (Wildman–Crippen MR) is 131 cm³/mol. The first kappa shape index (κ1) is 25.9. The smallest absolute Gasteiger partial charge is 0.310 e. The van der Waals surface area contributed by atoms with E-state index in [1.807, 2.05) is 58.0 Å². The maximum atomic E-state index is 13.9. The summed E-state index contributed by atoms with van der Waals surface area (Å²) < 4.78 is 5.39. The van der Waals surface area contributed by atoms with Crippen LogP contribution in [0.4, 0.5) is 5.69 Å². The Morgan fingerprint density at radius 3 is 2.38 bits per heavy atom. The van der Waals surface area contributed by atoms with Gasteiger partial charge in [0.1, 0.15) is 6.04 Å². The van der Waals surface area contributed by atoms with Gasteiger partial charge in [0.2, 0.25) is 11.8 Å². The Balaban J connectivity index is 2.06. The monoisotopic (exact) mass is 470 g/mol. The van der Waals surface area contributed by atoms with Gasteiger partial charge in [0, 0.05) is 11.6 Å². The fourth-order valence-electron chi connectivity index (χ4n) is 5.63. The lowest BCUT2D eigenvalue weighted by atomic mass is 9.69. The van der Waals surface area contributed by atoms with Crippen LogP contribution in [0.5, 0.6) is 0 Å². The van der Waals surface area contributed by atoms with Crippen molar-refractivity contribution < 1.29 is 24.2 Å². The van der Waals surface area contributed by atoms with E-state index >= 15 is 0 Å². The molecule has 2 amide bonds. The SMILES string of the molecule is CCC[C@@H]1C=C[C@H]2[C@@H](C(=O)N([C@@H](CC)CO)[C@@H]2C(=O)Nc2c(C)cccc2C)[C@@H]1C(=O)OCC. The zero-order valence-corrected chi connectivity index (χ0v) is 20.9. The number of benzene rings is 1. The summed E-state index contributed by atoms with van der Waals surface area (Å²) in [4.78, 5) is 42.2. The number of aryl methyl sites for hydroxylation is 2. The Morgan fingerprint density at radius 1 is 1.15 bits per heavy atom. The fraction of sp³-hybridized carbons (Fsp3) is 0.593. The third kappa shape index (κ3) is 4.76. The van der Waals surface area contributed by atoms with Crippen LogP contribution in [0.1, 0.15) is 51.2 Å². The Labute approximate surface area is 202 Å². The maximum Gasteiger partial charge on any atom is 0.310 e. The number of anilines is 1. The summed E-state index contributed by atoms with van der Waals surface area (Å²) in [6, 6.07) is 4.47. The number of carbonyl (C=O) groups is 3. The van der Waals surface area contributed by atoms with Crippen molar-refractivity contribution in [2.75, 3.05) is 18.5 Å². The molecule has 34 heavy (non-hydrogen) atoms. The molecule has 0 unspecified atom stereocenters. The molecule has 0 bridgehead atoms. The highest BCUT2D eigenvalue weighted by molar-refractivity contribution is 6.02. The molecule has 7 heteroatoms. The van der Waals surface area contributed by atoms with Crippen LogP contribution in [-0.4, -0.2) is 53.1 Å². The summed E-state index contributed by atoms with van der Waals surface area (Å²) in [6.45, 7) is 9.53. The van der Waals surface area contributed by atoms with Crippen molar-refractivity contribution in [2.24, 2.45) is 23.7 Å². The topological polar surface area (TPSA) is 95.9 Å². The number of amides is 2. The van der Waals surface area contributed by atoms with Crippen LogP contribution >= 0.6 is 0 Å². The molecule has 1 aliphatic heterocycles. The summed E-state index contributed by atoms with van der Waals surface area (Å²) in [5.74, 6) is -2.86. The number of esters is 1.